The topological polar surface area (TPSA) is 46.3 Å². The summed E-state index contributed by atoms with van der Waals surface area (Å²) in [5.41, 5.74) is 4.41. The lowest BCUT2D eigenvalue weighted by atomic mass is 10.1. The first-order valence-corrected chi connectivity index (χ1v) is 6.73. The number of carbonyl (C=O) groups is 1. The van der Waals surface area contributed by atoms with Crippen molar-refractivity contribution in [2.45, 2.75) is 12.6 Å². The van der Waals surface area contributed by atoms with Crippen molar-refractivity contribution in [3.63, 3.8) is 0 Å². The predicted octanol–water partition coefficient (Wildman–Crippen LogP) is 3.22. The largest absolute Gasteiger partial charge is 0.416 e. The highest BCUT2D eigenvalue weighted by atomic mass is 79.9. The number of carbonyl (C=O) groups excluding carboxylic acids is 1. The Morgan fingerprint density at radius 3 is 2.55 bits per heavy atom. The predicted molar refractivity (Wildman–Crippen MR) is 77.5 cm³/mol. The summed E-state index contributed by atoms with van der Waals surface area (Å²) < 4.78 is 38.2. The van der Waals surface area contributed by atoms with Crippen LogP contribution in [0.25, 0.3) is 0 Å². The Balaban J connectivity index is 3.00. The summed E-state index contributed by atoms with van der Waals surface area (Å²) >= 11 is 7.78. The summed E-state index contributed by atoms with van der Waals surface area (Å²) in [7, 11) is 1.48. The zero-order valence-electron chi connectivity index (χ0n) is 10.5. The Kier molecular flexibility index (Phi) is 5.52. The maximum absolute atomic E-state index is 12.6. The monoisotopic (exact) mass is 368 g/mol. The van der Waals surface area contributed by atoms with E-state index in [1.54, 1.807) is 0 Å². The molecule has 1 aromatic rings. The first-order chi connectivity index (χ1) is 9.12. The molecule has 2 N–H and O–H groups in total. The lowest BCUT2D eigenvalue weighted by Gasteiger charge is -2.18. The number of alkyl halides is 3. The number of thiocarbonyl (C=S) groups is 1. The van der Waals surface area contributed by atoms with Crippen molar-refractivity contribution < 1.29 is 18.0 Å². The average Bonchev–Trinajstić information content (AvgIpc) is 2.34. The van der Waals surface area contributed by atoms with Crippen LogP contribution >= 0.6 is 28.1 Å². The third kappa shape index (κ3) is 4.45. The van der Waals surface area contributed by atoms with Crippen LogP contribution in [0.1, 0.15) is 22.3 Å². The van der Waals surface area contributed by atoms with Crippen LogP contribution in [-0.2, 0) is 6.18 Å². The average molecular weight is 369 g/mol. The zero-order valence-corrected chi connectivity index (χ0v) is 12.9. The number of rotatable bonds is 4. The van der Waals surface area contributed by atoms with E-state index in [2.05, 4.69) is 15.9 Å². The summed E-state index contributed by atoms with van der Waals surface area (Å²) in [6, 6.07) is 2.94. The quantitative estimate of drug-likeness (QED) is 0.830. The summed E-state index contributed by atoms with van der Waals surface area (Å²) in [4.78, 5) is 13.6. The number of halogens is 4. The fourth-order valence-electron chi connectivity index (χ4n) is 1.45. The molecular weight excluding hydrogens is 357 g/mol. The van der Waals surface area contributed by atoms with Gasteiger partial charge in [-0.15, -0.1) is 0 Å². The summed E-state index contributed by atoms with van der Waals surface area (Å²) in [5, 5.41) is 0. The molecule has 0 spiro atoms. The molecule has 0 heterocycles. The summed E-state index contributed by atoms with van der Waals surface area (Å²) in [6.45, 7) is 0.247. The molecule has 8 heteroatoms. The van der Waals surface area contributed by atoms with Gasteiger partial charge in [0.15, 0.2) is 0 Å². The van der Waals surface area contributed by atoms with Crippen molar-refractivity contribution in [1.82, 2.24) is 4.90 Å². The summed E-state index contributed by atoms with van der Waals surface area (Å²) in [6.07, 6.45) is -4.18. The van der Waals surface area contributed by atoms with Gasteiger partial charge in [0.25, 0.3) is 5.91 Å². The fourth-order valence-corrected chi connectivity index (χ4v) is 1.96. The molecule has 0 aliphatic rings. The molecular formula is C12H12BrF3N2OS. The van der Waals surface area contributed by atoms with E-state index in [1.165, 1.54) is 18.0 Å². The first kappa shape index (κ1) is 16.9. The second kappa shape index (κ2) is 6.53. The van der Waals surface area contributed by atoms with Crippen LogP contribution < -0.4 is 5.73 Å². The molecule has 20 heavy (non-hydrogen) atoms. The molecule has 0 radical (unpaired) electrons. The molecule has 0 bridgehead atoms. The third-order valence-corrected chi connectivity index (χ3v) is 3.46. The highest BCUT2D eigenvalue weighted by molar-refractivity contribution is 9.10. The molecule has 0 fully saturated rings. The molecule has 0 saturated heterocycles. The molecule has 0 aromatic heterocycles. The van der Waals surface area contributed by atoms with Gasteiger partial charge in [0.05, 0.1) is 16.1 Å². The summed E-state index contributed by atoms with van der Waals surface area (Å²) in [5.74, 6) is -0.528. The van der Waals surface area contributed by atoms with Gasteiger partial charge in [0.1, 0.15) is 0 Å². The molecule has 1 rings (SSSR count). The van der Waals surface area contributed by atoms with Gasteiger partial charge in [-0.1, -0.05) is 12.2 Å². The van der Waals surface area contributed by atoms with E-state index in [0.29, 0.717) is 10.9 Å². The van der Waals surface area contributed by atoms with Gasteiger partial charge in [0, 0.05) is 24.5 Å². The number of hydrogen-bond acceptors (Lipinski definition) is 2. The van der Waals surface area contributed by atoms with E-state index in [9.17, 15) is 18.0 Å². The molecule has 0 unspecified atom stereocenters. The van der Waals surface area contributed by atoms with Crippen LogP contribution in [0.4, 0.5) is 13.2 Å². The molecule has 110 valence electrons. The molecule has 0 atom stereocenters. The van der Waals surface area contributed by atoms with Crippen LogP contribution in [0.5, 0.6) is 0 Å². The van der Waals surface area contributed by atoms with Gasteiger partial charge in [0.2, 0.25) is 0 Å². The smallest absolute Gasteiger partial charge is 0.393 e. The molecule has 0 aliphatic carbocycles. The van der Waals surface area contributed by atoms with Gasteiger partial charge < -0.3 is 10.6 Å². The maximum atomic E-state index is 12.6. The number of benzene rings is 1. The third-order valence-electron chi connectivity index (χ3n) is 2.56. The van der Waals surface area contributed by atoms with E-state index >= 15 is 0 Å². The van der Waals surface area contributed by atoms with Gasteiger partial charge in [-0.25, -0.2) is 0 Å². The Bertz CT molecular complexity index is 534. The molecule has 0 saturated carbocycles. The lowest BCUT2D eigenvalue weighted by Crippen LogP contribution is -2.30. The molecule has 0 aliphatic heterocycles. The standard InChI is InChI=1S/C12H12BrF3N2OS/c1-18(5-4-10(17)20)11(19)8-6-7(12(14,15)16)2-3-9(8)13/h2-3,6H,4-5H2,1H3,(H2,17,20). The number of hydrogen-bond donors (Lipinski definition) is 1. The second-order valence-corrected chi connectivity index (χ2v) is 5.51. The Morgan fingerprint density at radius 1 is 1.45 bits per heavy atom. The number of amides is 1. The van der Waals surface area contributed by atoms with Crippen molar-refractivity contribution >= 4 is 39.0 Å². The van der Waals surface area contributed by atoms with E-state index in [4.69, 9.17) is 18.0 Å². The van der Waals surface area contributed by atoms with Gasteiger partial charge >= 0.3 is 6.18 Å². The molecule has 3 nitrogen and oxygen atoms in total. The fraction of sp³-hybridized carbons (Fsp3) is 0.333. The second-order valence-electron chi connectivity index (χ2n) is 4.14. The van der Waals surface area contributed by atoms with Crippen molar-refractivity contribution in [2.75, 3.05) is 13.6 Å². The van der Waals surface area contributed by atoms with Crippen molar-refractivity contribution in [1.29, 1.82) is 0 Å². The normalized spacial score (nSPS) is 11.2. The van der Waals surface area contributed by atoms with Gasteiger partial charge in [-0.2, -0.15) is 13.2 Å². The number of nitrogens with zero attached hydrogens (tertiary/aromatic N) is 1. The highest BCUT2D eigenvalue weighted by Crippen LogP contribution is 2.32. The van der Waals surface area contributed by atoms with E-state index < -0.39 is 17.6 Å². The van der Waals surface area contributed by atoms with Crippen LogP contribution in [0.2, 0.25) is 0 Å². The minimum atomic E-state index is -4.49. The Morgan fingerprint density at radius 2 is 2.05 bits per heavy atom. The SMILES string of the molecule is CN(CCC(N)=S)C(=O)c1cc(C(F)(F)F)ccc1Br. The Labute approximate surface area is 128 Å². The van der Waals surface area contributed by atoms with Crippen LogP contribution in [0.3, 0.4) is 0 Å². The van der Waals surface area contributed by atoms with Gasteiger partial charge in [-0.05, 0) is 34.1 Å². The number of nitrogens with two attached hydrogens (primary N) is 1. The Hall–Kier alpha value is -1.15. The van der Waals surface area contributed by atoms with E-state index in [0.717, 1.165) is 12.1 Å². The maximum Gasteiger partial charge on any atom is 0.416 e. The van der Waals surface area contributed by atoms with Crippen molar-refractivity contribution in [3.8, 4) is 0 Å². The minimum absolute atomic E-state index is 0.0507. The highest BCUT2D eigenvalue weighted by Gasteiger charge is 2.31. The zero-order chi connectivity index (χ0) is 15.5. The van der Waals surface area contributed by atoms with Crippen molar-refractivity contribution in [2.24, 2.45) is 5.73 Å². The minimum Gasteiger partial charge on any atom is -0.393 e. The van der Waals surface area contributed by atoms with E-state index in [-0.39, 0.29) is 17.1 Å². The van der Waals surface area contributed by atoms with E-state index in [1.807, 2.05) is 0 Å². The van der Waals surface area contributed by atoms with Crippen LogP contribution in [-0.4, -0.2) is 29.4 Å². The van der Waals surface area contributed by atoms with Crippen molar-refractivity contribution in [3.05, 3.63) is 33.8 Å². The van der Waals surface area contributed by atoms with Gasteiger partial charge in [-0.3, -0.25) is 4.79 Å². The van der Waals surface area contributed by atoms with Crippen LogP contribution in [0.15, 0.2) is 22.7 Å². The first-order valence-electron chi connectivity index (χ1n) is 5.53. The molecule has 1 amide bonds. The lowest BCUT2D eigenvalue weighted by molar-refractivity contribution is -0.137. The molecule has 1 aromatic carbocycles. The van der Waals surface area contributed by atoms with Crippen LogP contribution in [0, 0.1) is 0 Å².